The second-order valence-corrected chi connectivity index (χ2v) is 8.02. The number of ether oxygens (including phenoxy) is 1. The predicted octanol–water partition coefficient (Wildman–Crippen LogP) is 2.21. The van der Waals surface area contributed by atoms with E-state index in [1.54, 1.807) is 11.9 Å². The van der Waals surface area contributed by atoms with Crippen molar-refractivity contribution in [2.45, 2.75) is 44.9 Å². The average Bonchev–Trinajstić information content (AvgIpc) is 3.11. The zero-order chi connectivity index (χ0) is 20.8. The molecule has 0 spiro atoms. The number of nitrogens with one attached hydrogen (secondary N) is 2. The number of nitrogens with zero attached hydrogens (tertiary/aromatic N) is 3. The first-order chi connectivity index (χ1) is 14.0. The highest BCUT2D eigenvalue weighted by Gasteiger charge is 2.27. The number of morpholine rings is 1. The van der Waals surface area contributed by atoms with E-state index in [9.17, 15) is 8.78 Å². The number of anilines is 1. The van der Waals surface area contributed by atoms with Gasteiger partial charge in [0.2, 0.25) is 0 Å². The Labute approximate surface area is 172 Å². The van der Waals surface area contributed by atoms with E-state index >= 15 is 0 Å². The Hall–Kier alpha value is -1.93. The molecule has 8 heteroatoms. The van der Waals surface area contributed by atoms with Crippen LogP contribution in [0.4, 0.5) is 14.5 Å². The van der Waals surface area contributed by atoms with Gasteiger partial charge in [0.1, 0.15) is 17.3 Å². The number of halogens is 2. The number of benzene rings is 1. The largest absolute Gasteiger partial charge is 0.373 e. The molecule has 2 N–H and O–H groups in total. The standard InChI is InChI=1S/C21H33F2N5O/c1-15-12-27(13-16(2)29-15)10-5-9-25-21(24-3)26-17-8-11-28(14-17)20-18(22)6-4-7-19(20)23/h4,6-7,15-17H,5,8-14H2,1-3H3,(H2,24,25,26). The van der Waals surface area contributed by atoms with Crippen LogP contribution in [0.25, 0.3) is 0 Å². The summed E-state index contributed by atoms with van der Waals surface area (Å²) in [4.78, 5) is 8.49. The summed E-state index contributed by atoms with van der Waals surface area (Å²) in [5.41, 5.74) is 0.0636. The number of para-hydroxylation sites is 1. The molecule has 0 aliphatic carbocycles. The molecule has 0 amide bonds. The Morgan fingerprint density at radius 2 is 1.86 bits per heavy atom. The van der Waals surface area contributed by atoms with Crippen molar-refractivity contribution < 1.29 is 13.5 Å². The van der Waals surface area contributed by atoms with Gasteiger partial charge in [-0.05, 0) is 38.8 Å². The Bertz CT molecular complexity index is 671. The van der Waals surface area contributed by atoms with Crippen LogP contribution in [0.15, 0.2) is 23.2 Å². The fraction of sp³-hybridized carbons (Fsp3) is 0.667. The number of rotatable bonds is 6. The maximum atomic E-state index is 14.0. The third-order valence-corrected chi connectivity index (χ3v) is 5.45. The quantitative estimate of drug-likeness (QED) is 0.429. The minimum absolute atomic E-state index is 0.0636. The van der Waals surface area contributed by atoms with Crippen LogP contribution in [-0.2, 0) is 4.74 Å². The maximum Gasteiger partial charge on any atom is 0.191 e. The number of aliphatic imine (C=N–C) groups is 1. The van der Waals surface area contributed by atoms with Crippen LogP contribution in [0.1, 0.15) is 26.7 Å². The summed E-state index contributed by atoms with van der Waals surface area (Å²) in [5, 5.41) is 6.73. The molecule has 0 saturated carbocycles. The van der Waals surface area contributed by atoms with Crippen LogP contribution in [-0.4, -0.2) is 75.4 Å². The second-order valence-electron chi connectivity index (χ2n) is 8.02. The third-order valence-electron chi connectivity index (χ3n) is 5.45. The second kappa shape index (κ2) is 10.2. The first kappa shape index (κ1) is 21.8. The van der Waals surface area contributed by atoms with E-state index in [1.165, 1.54) is 18.2 Å². The van der Waals surface area contributed by atoms with E-state index in [-0.39, 0.29) is 23.9 Å². The summed E-state index contributed by atoms with van der Waals surface area (Å²) in [6.07, 6.45) is 2.38. The van der Waals surface area contributed by atoms with Gasteiger partial charge in [0.15, 0.2) is 5.96 Å². The van der Waals surface area contributed by atoms with Crippen molar-refractivity contribution in [2.24, 2.45) is 4.99 Å². The Kier molecular flexibility index (Phi) is 7.66. The van der Waals surface area contributed by atoms with E-state index in [2.05, 4.69) is 34.4 Å². The molecule has 2 aliphatic rings. The van der Waals surface area contributed by atoms with Gasteiger partial charge in [-0.25, -0.2) is 8.78 Å². The van der Waals surface area contributed by atoms with Gasteiger partial charge in [-0.3, -0.25) is 9.89 Å². The normalized spacial score (nSPS) is 26.0. The molecular weight excluding hydrogens is 376 g/mol. The molecule has 2 heterocycles. The lowest BCUT2D eigenvalue weighted by molar-refractivity contribution is -0.0679. The van der Waals surface area contributed by atoms with E-state index in [0.717, 1.165) is 45.0 Å². The SMILES string of the molecule is CN=C(NCCCN1CC(C)OC(C)C1)NC1CCN(c2c(F)cccc2F)C1. The lowest BCUT2D eigenvalue weighted by Gasteiger charge is -2.35. The number of hydrogen-bond donors (Lipinski definition) is 2. The summed E-state index contributed by atoms with van der Waals surface area (Å²) in [6, 6.07) is 4.09. The van der Waals surface area contributed by atoms with Crippen molar-refractivity contribution in [1.82, 2.24) is 15.5 Å². The van der Waals surface area contributed by atoms with Crippen molar-refractivity contribution in [3.63, 3.8) is 0 Å². The number of hydrogen-bond acceptors (Lipinski definition) is 4. The molecule has 2 aliphatic heterocycles. The van der Waals surface area contributed by atoms with Crippen molar-refractivity contribution in [1.29, 1.82) is 0 Å². The van der Waals surface area contributed by atoms with Gasteiger partial charge >= 0.3 is 0 Å². The minimum atomic E-state index is -0.514. The summed E-state index contributed by atoms with van der Waals surface area (Å²) in [7, 11) is 1.74. The summed E-state index contributed by atoms with van der Waals surface area (Å²) in [5.74, 6) is -0.297. The topological polar surface area (TPSA) is 52.1 Å². The fourth-order valence-corrected chi connectivity index (χ4v) is 4.24. The summed E-state index contributed by atoms with van der Waals surface area (Å²) < 4.78 is 33.8. The van der Waals surface area contributed by atoms with Gasteiger partial charge in [-0.2, -0.15) is 0 Å². The highest BCUT2D eigenvalue weighted by Crippen LogP contribution is 2.26. The van der Waals surface area contributed by atoms with Gasteiger partial charge in [0.05, 0.1) is 12.2 Å². The van der Waals surface area contributed by atoms with Gasteiger partial charge in [-0.15, -0.1) is 0 Å². The lowest BCUT2D eigenvalue weighted by atomic mass is 10.2. The van der Waals surface area contributed by atoms with Crippen LogP contribution >= 0.6 is 0 Å². The molecule has 162 valence electrons. The first-order valence-electron chi connectivity index (χ1n) is 10.5. The Morgan fingerprint density at radius 3 is 2.52 bits per heavy atom. The molecule has 2 saturated heterocycles. The monoisotopic (exact) mass is 409 g/mol. The molecule has 2 fully saturated rings. The average molecular weight is 410 g/mol. The molecule has 1 aromatic carbocycles. The smallest absolute Gasteiger partial charge is 0.191 e. The summed E-state index contributed by atoms with van der Waals surface area (Å²) in [6.45, 7) is 9.17. The molecule has 0 bridgehead atoms. The number of guanidine groups is 1. The van der Waals surface area contributed by atoms with Crippen LogP contribution in [0.5, 0.6) is 0 Å². The van der Waals surface area contributed by atoms with Crippen molar-refractivity contribution in [3.8, 4) is 0 Å². The van der Waals surface area contributed by atoms with Crippen LogP contribution in [0.3, 0.4) is 0 Å². The molecule has 6 nitrogen and oxygen atoms in total. The Morgan fingerprint density at radius 1 is 1.17 bits per heavy atom. The molecule has 3 unspecified atom stereocenters. The van der Waals surface area contributed by atoms with E-state index in [0.29, 0.717) is 13.1 Å². The van der Waals surface area contributed by atoms with Crippen molar-refractivity contribution in [2.75, 3.05) is 51.2 Å². The predicted molar refractivity (Wildman–Crippen MR) is 113 cm³/mol. The molecular formula is C21H33F2N5O. The molecule has 3 atom stereocenters. The maximum absolute atomic E-state index is 14.0. The molecule has 1 aromatic rings. The molecule has 3 rings (SSSR count). The van der Waals surface area contributed by atoms with E-state index in [1.807, 2.05) is 0 Å². The van der Waals surface area contributed by atoms with Crippen LogP contribution in [0.2, 0.25) is 0 Å². The Balaban J connectivity index is 1.40. The molecule has 0 radical (unpaired) electrons. The highest BCUT2D eigenvalue weighted by molar-refractivity contribution is 5.80. The van der Waals surface area contributed by atoms with E-state index < -0.39 is 11.6 Å². The van der Waals surface area contributed by atoms with Crippen molar-refractivity contribution >= 4 is 11.6 Å². The zero-order valence-corrected chi connectivity index (χ0v) is 17.6. The van der Waals surface area contributed by atoms with Gasteiger partial charge in [0, 0.05) is 52.4 Å². The van der Waals surface area contributed by atoms with Gasteiger partial charge in [-0.1, -0.05) is 6.07 Å². The van der Waals surface area contributed by atoms with Crippen LogP contribution < -0.4 is 15.5 Å². The third kappa shape index (κ3) is 6.02. The molecule has 29 heavy (non-hydrogen) atoms. The zero-order valence-electron chi connectivity index (χ0n) is 17.6. The lowest BCUT2D eigenvalue weighted by Crippen LogP contribution is -2.47. The van der Waals surface area contributed by atoms with Gasteiger partial charge in [0.25, 0.3) is 0 Å². The first-order valence-corrected chi connectivity index (χ1v) is 10.5. The summed E-state index contributed by atoms with van der Waals surface area (Å²) >= 11 is 0. The van der Waals surface area contributed by atoms with Crippen LogP contribution in [0, 0.1) is 11.6 Å². The fourth-order valence-electron chi connectivity index (χ4n) is 4.24. The van der Waals surface area contributed by atoms with Gasteiger partial charge < -0.3 is 20.3 Å². The minimum Gasteiger partial charge on any atom is -0.373 e. The molecule has 0 aromatic heterocycles. The van der Waals surface area contributed by atoms with E-state index in [4.69, 9.17) is 4.74 Å². The van der Waals surface area contributed by atoms with Crippen molar-refractivity contribution in [3.05, 3.63) is 29.8 Å². The highest BCUT2D eigenvalue weighted by atomic mass is 19.1.